The topological polar surface area (TPSA) is 194 Å². The van der Waals surface area contributed by atoms with Crippen LogP contribution in [0.2, 0.25) is 0 Å². The molecule has 0 rings (SSSR count). The average molecular weight is 401 g/mol. The van der Waals surface area contributed by atoms with Gasteiger partial charge in [0, 0.05) is 6.42 Å². The fourth-order valence-electron chi connectivity index (χ4n) is 2.18. The van der Waals surface area contributed by atoms with E-state index in [1.165, 1.54) is 13.8 Å². The summed E-state index contributed by atoms with van der Waals surface area (Å²) in [5.74, 6) is -3.09. The maximum atomic E-state index is 12.6. The van der Waals surface area contributed by atoms with Crippen molar-refractivity contribution in [2.45, 2.75) is 70.8 Å². The minimum atomic E-state index is -1.23. The summed E-state index contributed by atoms with van der Waals surface area (Å²) in [4.78, 5) is 58.8. The standard InChI is InChI=1S/C17H31N5O6/c1-8(2)14(22-16(27)13(19)10(4)24)17(28)21-11(5-6-12(18)25)15(26)20-9(3)7-23/h7-11,13-14,24H,5-6,19H2,1-4H3,(H2,18,25)(H,20,26)(H,21,28)(H,22,27)/t9-,10+,11-,13-,14-/m0/s1. The lowest BCUT2D eigenvalue weighted by molar-refractivity contribution is -0.134. The fraction of sp³-hybridized carbons (Fsp3) is 0.706. The van der Waals surface area contributed by atoms with Crippen LogP contribution in [0.4, 0.5) is 0 Å². The summed E-state index contributed by atoms with van der Waals surface area (Å²) in [5.41, 5.74) is 10.7. The summed E-state index contributed by atoms with van der Waals surface area (Å²) < 4.78 is 0. The molecule has 0 unspecified atom stereocenters. The van der Waals surface area contributed by atoms with E-state index in [0.29, 0.717) is 6.29 Å². The van der Waals surface area contributed by atoms with E-state index in [9.17, 15) is 29.1 Å². The van der Waals surface area contributed by atoms with E-state index in [4.69, 9.17) is 11.5 Å². The van der Waals surface area contributed by atoms with Crippen LogP contribution in [0.3, 0.4) is 0 Å². The Labute approximate surface area is 164 Å². The molecule has 0 saturated carbocycles. The number of carbonyl (C=O) groups is 5. The molecule has 0 aromatic heterocycles. The van der Waals surface area contributed by atoms with Crippen LogP contribution < -0.4 is 27.4 Å². The third-order valence-electron chi connectivity index (χ3n) is 3.96. The van der Waals surface area contributed by atoms with Gasteiger partial charge in [0.1, 0.15) is 24.4 Å². The molecule has 0 heterocycles. The number of primary amides is 1. The Bertz CT molecular complexity index is 580. The molecular weight excluding hydrogens is 370 g/mol. The van der Waals surface area contributed by atoms with Gasteiger partial charge in [-0.2, -0.15) is 0 Å². The van der Waals surface area contributed by atoms with E-state index >= 15 is 0 Å². The Morgan fingerprint density at radius 1 is 0.964 bits per heavy atom. The van der Waals surface area contributed by atoms with Crippen LogP contribution in [-0.4, -0.2) is 65.3 Å². The second-order valence-electron chi connectivity index (χ2n) is 7.00. The van der Waals surface area contributed by atoms with Gasteiger partial charge in [-0.05, 0) is 26.2 Å². The largest absolute Gasteiger partial charge is 0.391 e. The Morgan fingerprint density at radius 3 is 1.96 bits per heavy atom. The molecule has 0 spiro atoms. The number of aliphatic hydroxyl groups is 1. The third kappa shape index (κ3) is 8.91. The van der Waals surface area contributed by atoms with E-state index in [1.807, 2.05) is 0 Å². The van der Waals surface area contributed by atoms with Crippen molar-refractivity contribution in [1.82, 2.24) is 16.0 Å². The van der Waals surface area contributed by atoms with Crippen LogP contribution in [0.1, 0.15) is 40.5 Å². The number of hydrogen-bond donors (Lipinski definition) is 6. The highest BCUT2D eigenvalue weighted by molar-refractivity contribution is 5.94. The summed E-state index contributed by atoms with van der Waals surface area (Å²) in [6.07, 6.45) is -0.849. The van der Waals surface area contributed by atoms with Crippen molar-refractivity contribution in [3.63, 3.8) is 0 Å². The van der Waals surface area contributed by atoms with Crippen LogP contribution in [-0.2, 0) is 24.0 Å². The van der Waals surface area contributed by atoms with Crippen LogP contribution in [0, 0.1) is 5.92 Å². The van der Waals surface area contributed by atoms with Gasteiger partial charge in [0.25, 0.3) is 0 Å². The SMILES string of the molecule is CC(C)[C@H](NC(=O)[C@@H](N)[C@@H](C)O)C(=O)N[C@@H](CCC(N)=O)C(=O)N[C@@H](C)C=O. The molecular formula is C17H31N5O6. The van der Waals surface area contributed by atoms with E-state index in [1.54, 1.807) is 13.8 Å². The molecule has 0 aromatic carbocycles. The van der Waals surface area contributed by atoms with Crippen molar-refractivity contribution in [1.29, 1.82) is 0 Å². The quantitative estimate of drug-likeness (QED) is 0.191. The van der Waals surface area contributed by atoms with Gasteiger partial charge in [0.2, 0.25) is 23.6 Å². The second-order valence-corrected chi connectivity index (χ2v) is 7.00. The first-order valence-corrected chi connectivity index (χ1v) is 8.99. The molecule has 11 heteroatoms. The predicted octanol–water partition coefficient (Wildman–Crippen LogP) is -2.71. The maximum absolute atomic E-state index is 12.6. The van der Waals surface area contributed by atoms with Crippen LogP contribution in [0.25, 0.3) is 0 Å². The fourth-order valence-corrected chi connectivity index (χ4v) is 2.18. The van der Waals surface area contributed by atoms with Gasteiger partial charge in [-0.15, -0.1) is 0 Å². The summed E-state index contributed by atoms with van der Waals surface area (Å²) >= 11 is 0. The van der Waals surface area contributed by atoms with Crippen molar-refractivity contribution >= 4 is 29.9 Å². The molecule has 0 saturated heterocycles. The van der Waals surface area contributed by atoms with Gasteiger partial charge < -0.3 is 37.3 Å². The third-order valence-corrected chi connectivity index (χ3v) is 3.96. The number of carbonyl (C=O) groups excluding carboxylic acids is 5. The zero-order valence-electron chi connectivity index (χ0n) is 16.6. The average Bonchev–Trinajstić information content (AvgIpc) is 2.60. The minimum Gasteiger partial charge on any atom is -0.391 e. The summed E-state index contributed by atoms with van der Waals surface area (Å²) in [6, 6.07) is -4.18. The van der Waals surface area contributed by atoms with E-state index in [-0.39, 0.29) is 18.8 Å². The Kier molecular flexibility index (Phi) is 10.9. The van der Waals surface area contributed by atoms with E-state index < -0.39 is 53.9 Å². The van der Waals surface area contributed by atoms with Gasteiger partial charge in [-0.1, -0.05) is 13.8 Å². The van der Waals surface area contributed by atoms with Crippen LogP contribution >= 0.6 is 0 Å². The second kappa shape index (κ2) is 12.0. The van der Waals surface area contributed by atoms with Gasteiger partial charge in [-0.3, -0.25) is 19.2 Å². The van der Waals surface area contributed by atoms with Gasteiger partial charge in [-0.25, -0.2) is 0 Å². The zero-order valence-corrected chi connectivity index (χ0v) is 16.6. The van der Waals surface area contributed by atoms with Crippen molar-refractivity contribution < 1.29 is 29.1 Å². The molecule has 0 radical (unpaired) electrons. The Hall–Kier alpha value is -2.53. The molecule has 160 valence electrons. The normalized spacial score (nSPS) is 16.2. The lowest BCUT2D eigenvalue weighted by Crippen LogP contribution is -2.59. The highest BCUT2D eigenvalue weighted by Crippen LogP contribution is 2.06. The molecule has 0 fully saturated rings. The predicted molar refractivity (Wildman–Crippen MR) is 100 cm³/mol. The molecule has 28 heavy (non-hydrogen) atoms. The van der Waals surface area contributed by atoms with E-state index in [0.717, 1.165) is 0 Å². The first kappa shape index (κ1) is 25.5. The van der Waals surface area contributed by atoms with Crippen molar-refractivity contribution in [2.24, 2.45) is 17.4 Å². The minimum absolute atomic E-state index is 0.0789. The first-order valence-electron chi connectivity index (χ1n) is 8.99. The highest BCUT2D eigenvalue weighted by Gasteiger charge is 2.31. The van der Waals surface area contributed by atoms with Gasteiger partial charge in [0.15, 0.2) is 0 Å². The molecule has 0 bridgehead atoms. The number of hydrogen-bond acceptors (Lipinski definition) is 7. The van der Waals surface area contributed by atoms with Crippen LogP contribution in [0.5, 0.6) is 0 Å². The lowest BCUT2D eigenvalue weighted by atomic mass is 10.0. The number of aliphatic hydroxyl groups excluding tert-OH is 1. The van der Waals surface area contributed by atoms with E-state index in [2.05, 4.69) is 16.0 Å². The molecule has 8 N–H and O–H groups in total. The van der Waals surface area contributed by atoms with Crippen LogP contribution in [0.15, 0.2) is 0 Å². The van der Waals surface area contributed by atoms with Crippen molar-refractivity contribution in [3.05, 3.63) is 0 Å². The Balaban J connectivity index is 5.28. The molecule has 0 aliphatic rings. The lowest BCUT2D eigenvalue weighted by Gasteiger charge is -2.27. The summed E-state index contributed by atoms with van der Waals surface area (Å²) in [6.45, 7) is 6.14. The molecule has 11 nitrogen and oxygen atoms in total. The number of nitrogens with two attached hydrogens (primary N) is 2. The van der Waals surface area contributed by atoms with Gasteiger partial charge >= 0.3 is 0 Å². The number of rotatable bonds is 12. The molecule has 0 aliphatic carbocycles. The maximum Gasteiger partial charge on any atom is 0.243 e. The van der Waals surface area contributed by atoms with Crippen molar-refractivity contribution in [2.75, 3.05) is 0 Å². The monoisotopic (exact) mass is 401 g/mol. The highest BCUT2D eigenvalue weighted by atomic mass is 16.3. The molecule has 0 aliphatic heterocycles. The molecule has 4 amide bonds. The number of aldehydes is 1. The van der Waals surface area contributed by atoms with Crippen molar-refractivity contribution in [3.8, 4) is 0 Å². The summed E-state index contributed by atoms with van der Waals surface area (Å²) in [7, 11) is 0. The van der Waals surface area contributed by atoms with Gasteiger partial charge in [0.05, 0.1) is 12.1 Å². The first-order chi connectivity index (χ1) is 12.9. The number of amides is 4. The Morgan fingerprint density at radius 2 is 1.54 bits per heavy atom. The number of nitrogens with one attached hydrogen (secondary N) is 3. The zero-order chi connectivity index (χ0) is 22.0. The molecule has 5 atom stereocenters. The molecule has 0 aromatic rings. The smallest absolute Gasteiger partial charge is 0.243 e. The summed E-state index contributed by atoms with van der Waals surface area (Å²) in [5, 5.41) is 16.7.